The Kier molecular flexibility index (Phi) is 3.29. The van der Waals surface area contributed by atoms with Crippen molar-refractivity contribution in [3.63, 3.8) is 0 Å². The number of hydrogen-bond acceptors (Lipinski definition) is 4. The van der Waals surface area contributed by atoms with E-state index in [1.54, 1.807) is 30.3 Å². The van der Waals surface area contributed by atoms with Crippen molar-refractivity contribution in [2.24, 2.45) is 0 Å². The van der Waals surface area contributed by atoms with Crippen molar-refractivity contribution >= 4 is 34.2 Å². The molecule has 3 rings (SSSR count). The van der Waals surface area contributed by atoms with Crippen LogP contribution in [0.3, 0.4) is 0 Å². The molecule has 0 spiro atoms. The number of carbonyl (C=O) groups is 3. The van der Waals surface area contributed by atoms with E-state index >= 15 is 0 Å². The third-order valence-electron chi connectivity index (χ3n) is 3.80. The average Bonchev–Trinajstić information content (AvgIpc) is 2.49. The van der Waals surface area contributed by atoms with Crippen molar-refractivity contribution < 1.29 is 19.5 Å². The van der Waals surface area contributed by atoms with Crippen LogP contribution in [0.4, 0.5) is 5.69 Å². The van der Waals surface area contributed by atoms with Gasteiger partial charge in [0.1, 0.15) is 0 Å². The number of carboxylic acid groups (broad SMARTS) is 1. The van der Waals surface area contributed by atoms with Crippen LogP contribution < -0.4 is 5.73 Å². The molecule has 0 unspecified atom stereocenters. The maximum atomic E-state index is 12.5. The van der Waals surface area contributed by atoms with E-state index in [2.05, 4.69) is 0 Å². The van der Waals surface area contributed by atoms with Gasteiger partial charge >= 0.3 is 5.97 Å². The average molecular weight is 298 g/mol. The van der Waals surface area contributed by atoms with Crippen LogP contribution in [0.1, 0.15) is 33.6 Å². The summed E-state index contributed by atoms with van der Waals surface area (Å²) in [5.41, 5.74) is 7.28. The Labute approximate surface area is 126 Å². The second-order valence-corrected chi connectivity index (χ2v) is 5.19. The van der Waals surface area contributed by atoms with Gasteiger partial charge in [-0.1, -0.05) is 12.1 Å². The van der Waals surface area contributed by atoms with Crippen molar-refractivity contribution in [2.45, 2.75) is 12.8 Å². The quantitative estimate of drug-likeness (QED) is 0.663. The number of nitrogens with two attached hydrogens (primary N) is 1. The number of aliphatic carboxylic acids is 1. The van der Waals surface area contributed by atoms with Crippen molar-refractivity contribution in [3.8, 4) is 0 Å². The van der Waals surface area contributed by atoms with E-state index in [9.17, 15) is 14.4 Å². The molecule has 2 aromatic rings. The zero-order chi connectivity index (χ0) is 15.9. The van der Waals surface area contributed by atoms with E-state index in [4.69, 9.17) is 10.8 Å². The molecule has 0 aliphatic carbocycles. The number of benzene rings is 2. The van der Waals surface area contributed by atoms with E-state index in [-0.39, 0.29) is 19.4 Å². The second kappa shape index (κ2) is 5.14. The Morgan fingerprint density at radius 1 is 1.09 bits per heavy atom. The molecule has 2 amide bonds. The summed E-state index contributed by atoms with van der Waals surface area (Å²) in [6.07, 6.45) is 0.142. The van der Waals surface area contributed by atoms with Crippen molar-refractivity contribution in [2.75, 3.05) is 12.3 Å². The minimum Gasteiger partial charge on any atom is -0.481 e. The Hall–Kier alpha value is -2.89. The minimum absolute atomic E-state index is 0.0874. The highest BCUT2D eigenvalue weighted by molar-refractivity contribution is 6.26. The van der Waals surface area contributed by atoms with E-state index in [1.165, 1.54) is 0 Å². The van der Waals surface area contributed by atoms with Crippen LogP contribution in [-0.2, 0) is 4.79 Å². The number of carbonyl (C=O) groups excluding carboxylic acids is 2. The predicted molar refractivity (Wildman–Crippen MR) is 80.6 cm³/mol. The van der Waals surface area contributed by atoms with Gasteiger partial charge in [0.15, 0.2) is 0 Å². The zero-order valence-corrected chi connectivity index (χ0v) is 11.7. The first kappa shape index (κ1) is 14.1. The van der Waals surface area contributed by atoms with Crippen LogP contribution >= 0.6 is 0 Å². The first-order valence-electron chi connectivity index (χ1n) is 6.90. The fraction of sp³-hybridized carbons (Fsp3) is 0.188. The van der Waals surface area contributed by atoms with Gasteiger partial charge in [0, 0.05) is 40.6 Å². The third kappa shape index (κ3) is 2.09. The number of nitrogens with zero attached hydrogens (tertiary/aromatic N) is 1. The number of carboxylic acids is 1. The lowest BCUT2D eigenvalue weighted by Crippen LogP contribution is -2.41. The molecule has 0 atom stereocenters. The SMILES string of the molecule is Nc1ccc2c3c(cccc13)C(=O)N(CCCC(=O)O)C2=O. The third-order valence-corrected chi connectivity index (χ3v) is 3.80. The molecule has 1 aliphatic heterocycles. The maximum absolute atomic E-state index is 12.5. The van der Waals surface area contributed by atoms with Gasteiger partial charge in [0.05, 0.1) is 0 Å². The van der Waals surface area contributed by atoms with Gasteiger partial charge in [-0.25, -0.2) is 0 Å². The second-order valence-electron chi connectivity index (χ2n) is 5.19. The molecule has 3 N–H and O–H groups in total. The monoisotopic (exact) mass is 298 g/mol. The minimum atomic E-state index is -0.952. The molecular formula is C16H14N2O4. The van der Waals surface area contributed by atoms with Crippen molar-refractivity contribution in [1.82, 2.24) is 4.90 Å². The fourth-order valence-corrected chi connectivity index (χ4v) is 2.76. The first-order chi connectivity index (χ1) is 10.5. The summed E-state index contributed by atoms with van der Waals surface area (Å²) in [5.74, 6) is -1.76. The molecular weight excluding hydrogens is 284 g/mol. The number of rotatable bonds is 4. The fourth-order valence-electron chi connectivity index (χ4n) is 2.76. The van der Waals surface area contributed by atoms with Gasteiger partial charge in [-0.2, -0.15) is 0 Å². The van der Waals surface area contributed by atoms with E-state index in [1.807, 2.05) is 0 Å². The largest absolute Gasteiger partial charge is 0.481 e. The number of hydrogen-bond donors (Lipinski definition) is 2. The van der Waals surface area contributed by atoms with Crippen LogP contribution in [0.15, 0.2) is 30.3 Å². The van der Waals surface area contributed by atoms with Gasteiger partial charge in [-0.15, -0.1) is 0 Å². The highest BCUT2D eigenvalue weighted by atomic mass is 16.4. The summed E-state index contributed by atoms with van der Waals surface area (Å²) in [7, 11) is 0. The van der Waals surface area contributed by atoms with Gasteiger partial charge in [-0.3, -0.25) is 19.3 Å². The summed E-state index contributed by atoms with van der Waals surface area (Å²) in [6.45, 7) is 0.0875. The molecule has 2 aromatic carbocycles. The molecule has 6 nitrogen and oxygen atoms in total. The Morgan fingerprint density at radius 2 is 1.77 bits per heavy atom. The Balaban J connectivity index is 2.05. The van der Waals surface area contributed by atoms with Gasteiger partial charge in [0.25, 0.3) is 11.8 Å². The van der Waals surface area contributed by atoms with E-state index in [0.29, 0.717) is 27.6 Å². The summed E-state index contributed by atoms with van der Waals surface area (Å²) in [6, 6.07) is 8.41. The smallest absolute Gasteiger partial charge is 0.303 e. The number of anilines is 1. The molecule has 22 heavy (non-hydrogen) atoms. The lowest BCUT2D eigenvalue weighted by Gasteiger charge is -2.27. The number of nitrogen functional groups attached to an aromatic ring is 1. The van der Waals surface area contributed by atoms with E-state index < -0.39 is 17.8 Å². The van der Waals surface area contributed by atoms with Gasteiger partial charge in [0.2, 0.25) is 0 Å². The number of imide groups is 1. The van der Waals surface area contributed by atoms with E-state index in [0.717, 1.165) is 4.90 Å². The predicted octanol–water partition coefficient (Wildman–Crippen LogP) is 1.88. The molecule has 112 valence electrons. The molecule has 0 saturated carbocycles. The summed E-state index contributed by atoms with van der Waals surface area (Å²) >= 11 is 0. The molecule has 0 aromatic heterocycles. The highest BCUT2D eigenvalue weighted by Gasteiger charge is 2.32. The number of amides is 2. The molecule has 0 radical (unpaired) electrons. The molecule has 0 saturated heterocycles. The van der Waals surface area contributed by atoms with Gasteiger partial charge < -0.3 is 10.8 Å². The molecule has 0 bridgehead atoms. The topological polar surface area (TPSA) is 101 Å². The first-order valence-corrected chi connectivity index (χ1v) is 6.90. The van der Waals surface area contributed by atoms with Crippen LogP contribution in [0.2, 0.25) is 0 Å². The van der Waals surface area contributed by atoms with Crippen molar-refractivity contribution in [1.29, 1.82) is 0 Å². The molecule has 1 heterocycles. The van der Waals surface area contributed by atoms with Crippen LogP contribution in [-0.4, -0.2) is 34.3 Å². The summed E-state index contributed by atoms with van der Waals surface area (Å²) in [5, 5.41) is 9.94. The lowest BCUT2D eigenvalue weighted by molar-refractivity contribution is -0.137. The summed E-state index contributed by atoms with van der Waals surface area (Å²) in [4.78, 5) is 36.7. The van der Waals surface area contributed by atoms with Crippen LogP contribution in [0.25, 0.3) is 10.8 Å². The zero-order valence-electron chi connectivity index (χ0n) is 11.7. The highest BCUT2D eigenvalue weighted by Crippen LogP contribution is 2.33. The Morgan fingerprint density at radius 3 is 2.45 bits per heavy atom. The standard InChI is InChI=1S/C16H14N2O4/c17-12-7-6-11-14-9(12)3-1-4-10(14)15(21)18(16(11)22)8-2-5-13(19)20/h1,3-4,6-7H,2,5,8,17H2,(H,19,20). The molecule has 6 heteroatoms. The Bertz CT molecular complexity index is 791. The van der Waals surface area contributed by atoms with Gasteiger partial charge in [-0.05, 0) is 24.6 Å². The molecule has 0 fully saturated rings. The van der Waals surface area contributed by atoms with Crippen LogP contribution in [0.5, 0.6) is 0 Å². The summed E-state index contributed by atoms with van der Waals surface area (Å²) < 4.78 is 0. The maximum Gasteiger partial charge on any atom is 0.303 e. The van der Waals surface area contributed by atoms with Crippen LogP contribution in [0, 0.1) is 0 Å². The molecule has 1 aliphatic rings. The lowest BCUT2D eigenvalue weighted by atomic mass is 9.93. The van der Waals surface area contributed by atoms with Crippen molar-refractivity contribution in [3.05, 3.63) is 41.5 Å². The normalized spacial score (nSPS) is 13.7.